The zero-order valence-corrected chi connectivity index (χ0v) is 23.1. The maximum Gasteiger partial charge on any atom is 0.164 e. The van der Waals surface area contributed by atoms with Gasteiger partial charge in [-0.25, -0.2) is 15.0 Å². The molecule has 6 aromatic carbocycles. The van der Waals surface area contributed by atoms with Gasteiger partial charge in [0.15, 0.2) is 17.5 Å². The van der Waals surface area contributed by atoms with Crippen molar-refractivity contribution in [2.45, 2.75) is 0 Å². The molecule has 8 aromatic rings. The van der Waals surface area contributed by atoms with Gasteiger partial charge in [0.2, 0.25) is 0 Å². The quantitative estimate of drug-likeness (QED) is 0.213. The Balaban J connectivity index is 1.42. The minimum absolute atomic E-state index is 0.433. The van der Waals surface area contributed by atoms with E-state index >= 15 is 0 Å². The molecule has 4 nitrogen and oxygen atoms in total. The van der Waals surface area contributed by atoms with Gasteiger partial charge in [0.25, 0.3) is 0 Å². The number of hydrogen-bond donors (Lipinski definition) is 0. The molecule has 4 heteroatoms. The third-order valence-electron chi connectivity index (χ3n) is 7.69. The lowest BCUT2D eigenvalue weighted by molar-refractivity contribution is 1.07. The molecule has 0 aliphatic heterocycles. The van der Waals surface area contributed by atoms with Crippen LogP contribution in [0, 0.1) is 0 Å². The van der Waals surface area contributed by atoms with Gasteiger partial charge >= 0.3 is 0 Å². The first-order chi connectivity index (χ1) is 22.1. The lowest BCUT2D eigenvalue weighted by Gasteiger charge is -2.14. The smallest absolute Gasteiger partial charge is 0.164 e. The molecular formula is C39H26N4. The molecule has 0 bridgehead atoms. The number of aromatic nitrogens is 4. The third kappa shape index (κ3) is 4.55. The zero-order chi connectivity index (χ0) is 30.3. The van der Waals surface area contributed by atoms with Crippen LogP contribution in [0.2, 0.25) is 0 Å². The minimum Gasteiger partial charge on any atom is -0.309 e. The van der Waals surface area contributed by atoms with Crippen molar-refractivity contribution in [1.82, 2.24) is 19.5 Å². The molecule has 0 fully saturated rings. The molecule has 0 unspecified atom stereocenters. The van der Waals surface area contributed by atoms with Crippen molar-refractivity contribution in [3.8, 4) is 51.0 Å². The molecule has 0 saturated heterocycles. The van der Waals surface area contributed by atoms with Crippen LogP contribution in [0.3, 0.4) is 0 Å². The van der Waals surface area contributed by atoms with Crippen LogP contribution in [0.1, 0.15) is 2.74 Å². The lowest BCUT2D eigenvalue weighted by atomic mass is 10.0. The van der Waals surface area contributed by atoms with E-state index in [0.29, 0.717) is 29.6 Å². The highest BCUT2D eigenvalue weighted by Crippen LogP contribution is 2.36. The number of benzene rings is 6. The predicted octanol–water partition coefficient (Wildman–Crippen LogP) is 9.64. The maximum absolute atomic E-state index is 8.32. The summed E-state index contributed by atoms with van der Waals surface area (Å²) in [5.41, 5.74) is 7.65. The van der Waals surface area contributed by atoms with Gasteiger partial charge in [0.1, 0.15) is 0 Å². The molecule has 0 N–H and O–H groups in total. The van der Waals surface area contributed by atoms with Gasteiger partial charge in [-0.1, -0.05) is 127 Å². The molecule has 8 rings (SSSR count). The Labute approximate surface area is 252 Å². The molecule has 0 amide bonds. The Hall–Kier alpha value is -5.87. The fraction of sp³-hybridized carbons (Fsp3) is 0. The first kappa shape index (κ1) is 22.8. The van der Waals surface area contributed by atoms with Gasteiger partial charge < -0.3 is 4.57 Å². The first-order valence-electron chi connectivity index (χ1n) is 15.2. The number of para-hydroxylation sites is 2. The molecule has 2 aromatic heterocycles. The zero-order valence-electron chi connectivity index (χ0n) is 25.1. The fourth-order valence-electron chi connectivity index (χ4n) is 5.68. The van der Waals surface area contributed by atoms with Gasteiger partial charge in [-0.05, 0) is 41.5 Å². The van der Waals surface area contributed by atoms with E-state index in [1.54, 1.807) is 0 Å². The summed E-state index contributed by atoms with van der Waals surface area (Å²) in [6.07, 6.45) is 0. The summed E-state index contributed by atoms with van der Waals surface area (Å²) in [7, 11) is 0. The second kappa shape index (κ2) is 10.5. The SMILES string of the molecule is [2H]c1ccc2c(c1)c1cc([2H])ccc1n2-c1cc(-c2ccccc2)cc(-c2nc(-c3ccccc3)nc(-c3ccccc3)n2)c1. The highest BCUT2D eigenvalue weighted by atomic mass is 15.0. The molecule has 0 aliphatic carbocycles. The van der Waals surface area contributed by atoms with E-state index in [2.05, 4.69) is 34.9 Å². The van der Waals surface area contributed by atoms with Crippen LogP contribution >= 0.6 is 0 Å². The Kier molecular flexibility index (Phi) is 5.57. The van der Waals surface area contributed by atoms with Crippen LogP contribution in [0.25, 0.3) is 72.8 Å². The molecule has 0 atom stereocenters. The van der Waals surface area contributed by atoms with Crippen molar-refractivity contribution < 1.29 is 2.74 Å². The van der Waals surface area contributed by atoms with Crippen molar-refractivity contribution in [3.05, 3.63) is 158 Å². The fourth-order valence-corrected chi connectivity index (χ4v) is 5.68. The lowest BCUT2D eigenvalue weighted by Crippen LogP contribution is -2.01. The standard InChI is InChI=1S/C39H26N4/c1-4-14-27(15-5-1)30-24-31(26-32(25-30)43-35-22-12-10-20-33(35)34-21-11-13-23-36(34)43)39-41-37(28-16-6-2-7-17-28)40-38(42-39)29-18-8-3-9-19-29/h1-26H/i10D,11D. The Morgan fingerprint density at radius 2 is 0.837 bits per heavy atom. The summed E-state index contributed by atoms with van der Waals surface area (Å²) in [6, 6.07) is 48.9. The van der Waals surface area contributed by atoms with Crippen LogP contribution in [0.15, 0.2) is 158 Å². The first-order valence-corrected chi connectivity index (χ1v) is 14.2. The summed E-state index contributed by atoms with van der Waals surface area (Å²) in [6.45, 7) is 0. The van der Waals surface area contributed by atoms with Gasteiger partial charge in [-0.3, -0.25) is 0 Å². The Morgan fingerprint density at radius 3 is 1.35 bits per heavy atom. The van der Waals surface area contributed by atoms with Crippen LogP contribution < -0.4 is 0 Å². The summed E-state index contributed by atoms with van der Waals surface area (Å²) < 4.78 is 18.8. The minimum atomic E-state index is 0.433. The second-order valence-corrected chi connectivity index (χ2v) is 10.4. The molecule has 0 saturated carbocycles. The van der Waals surface area contributed by atoms with E-state index in [0.717, 1.165) is 55.3 Å². The molecular weight excluding hydrogens is 524 g/mol. The topological polar surface area (TPSA) is 43.6 Å². The van der Waals surface area contributed by atoms with E-state index in [4.69, 9.17) is 17.7 Å². The Bertz CT molecular complexity index is 2220. The second-order valence-electron chi connectivity index (χ2n) is 10.4. The molecule has 2 heterocycles. The number of nitrogens with zero attached hydrogens (tertiary/aromatic N) is 4. The van der Waals surface area contributed by atoms with E-state index < -0.39 is 0 Å². The molecule has 0 spiro atoms. The van der Waals surface area contributed by atoms with E-state index in [-0.39, 0.29) is 0 Å². The largest absolute Gasteiger partial charge is 0.309 e. The summed E-state index contributed by atoms with van der Waals surface area (Å²) in [5.74, 6) is 1.78. The van der Waals surface area contributed by atoms with Gasteiger partial charge in [0.05, 0.1) is 13.8 Å². The van der Waals surface area contributed by atoms with Crippen LogP contribution in [0.4, 0.5) is 0 Å². The van der Waals surface area contributed by atoms with Crippen molar-refractivity contribution in [2.24, 2.45) is 0 Å². The number of fused-ring (bicyclic) bond motifs is 3. The highest BCUT2D eigenvalue weighted by Gasteiger charge is 2.17. The van der Waals surface area contributed by atoms with Gasteiger partial charge in [-0.2, -0.15) is 0 Å². The summed E-state index contributed by atoms with van der Waals surface area (Å²) in [4.78, 5) is 14.9. The van der Waals surface area contributed by atoms with E-state index in [1.807, 2.05) is 115 Å². The van der Waals surface area contributed by atoms with Crippen molar-refractivity contribution in [3.63, 3.8) is 0 Å². The van der Waals surface area contributed by atoms with Crippen LogP contribution in [0.5, 0.6) is 0 Å². The normalized spacial score (nSPS) is 11.9. The van der Waals surface area contributed by atoms with Gasteiger partial charge in [0, 0.05) is 33.2 Å². The molecule has 0 radical (unpaired) electrons. The predicted molar refractivity (Wildman–Crippen MR) is 176 cm³/mol. The van der Waals surface area contributed by atoms with E-state index in [1.165, 1.54) is 0 Å². The monoisotopic (exact) mass is 552 g/mol. The van der Waals surface area contributed by atoms with Crippen molar-refractivity contribution >= 4 is 21.8 Å². The van der Waals surface area contributed by atoms with Crippen molar-refractivity contribution in [1.29, 1.82) is 0 Å². The van der Waals surface area contributed by atoms with Crippen molar-refractivity contribution in [2.75, 3.05) is 0 Å². The molecule has 202 valence electrons. The Morgan fingerprint density at radius 1 is 0.395 bits per heavy atom. The summed E-state index contributed by atoms with van der Waals surface area (Å²) in [5, 5.41) is 1.88. The molecule has 43 heavy (non-hydrogen) atoms. The van der Waals surface area contributed by atoms with E-state index in [9.17, 15) is 0 Å². The summed E-state index contributed by atoms with van der Waals surface area (Å²) >= 11 is 0. The van der Waals surface area contributed by atoms with Gasteiger partial charge in [-0.15, -0.1) is 0 Å². The van der Waals surface area contributed by atoms with Crippen LogP contribution in [-0.2, 0) is 0 Å². The average molecular weight is 553 g/mol. The average Bonchev–Trinajstić information content (AvgIpc) is 3.41. The maximum atomic E-state index is 8.32. The molecule has 0 aliphatic rings. The van der Waals surface area contributed by atoms with Crippen LogP contribution in [-0.4, -0.2) is 19.5 Å². The number of hydrogen-bond acceptors (Lipinski definition) is 3. The highest BCUT2D eigenvalue weighted by molar-refractivity contribution is 6.09. The third-order valence-corrected chi connectivity index (χ3v) is 7.69. The number of rotatable bonds is 5.